The normalized spacial score (nSPS) is 19.6. The molecule has 0 spiro atoms. The van der Waals surface area contributed by atoms with Gasteiger partial charge in [0.1, 0.15) is 11.9 Å². The van der Waals surface area contributed by atoms with Crippen LogP contribution in [0.1, 0.15) is 28.8 Å². The summed E-state index contributed by atoms with van der Waals surface area (Å²) in [4.78, 5) is 42.0. The van der Waals surface area contributed by atoms with E-state index in [2.05, 4.69) is 15.6 Å². The second-order valence-electron chi connectivity index (χ2n) is 6.07. The third kappa shape index (κ3) is 2.73. The highest BCUT2D eigenvalue weighted by Gasteiger charge is 2.39. The number of aromatic nitrogens is 1. The number of nitrogens with zero attached hydrogens (tertiary/aromatic N) is 2. The Balaban J connectivity index is 1.62. The molecule has 2 N–H and O–H groups in total. The van der Waals surface area contributed by atoms with E-state index in [-0.39, 0.29) is 18.2 Å². The zero-order valence-electron chi connectivity index (χ0n) is 13.4. The summed E-state index contributed by atoms with van der Waals surface area (Å²) in [7, 11) is 0. The lowest BCUT2D eigenvalue weighted by atomic mass is 10.0. The zero-order valence-corrected chi connectivity index (χ0v) is 13.4. The summed E-state index contributed by atoms with van der Waals surface area (Å²) in [5.41, 5.74) is 2.20. The molecular formula is C18H16N4O3. The first-order valence-corrected chi connectivity index (χ1v) is 8.08. The predicted molar refractivity (Wildman–Crippen MR) is 90.0 cm³/mol. The second kappa shape index (κ2) is 6.01. The van der Waals surface area contributed by atoms with Gasteiger partial charge in [-0.2, -0.15) is 0 Å². The molecule has 3 heterocycles. The number of rotatable bonds is 3. The number of imide groups is 1. The van der Waals surface area contributed by atoms with E-state index in [1.54, 1.807) is 18.3 Å². The number of pyridine rings is 1. The molecule has 7 nitrogen and oxygen atoms in total. The Hall–Kier alpha value is -3.22. The average molecular weight is 336 g/mol. The van der Waals surface area contributed by atoms with Gasteiger partial charge in [0.2, 0.25) is 11.8 Å². The van der Waals surface area contributed by atoms with Crippen molar-refractivity contribution in [3.05, 3.63) is 53.7 Å². The Labute approximate surface area is 144 Å². The molecule has 1 aromatic heterocycles. The van der Waals surface area contributed by atoms with Crippen molar-refractivity contribution in [2.24, 2.45) is 0 Å². The van der Waals surface area contributed by atoms with Crippen molar-refractivity contribution in [3.63, 3.8) is 0 Å². The maximum Gasteiger partial charge on any atom is 0.255 e. The lowest BCUT2D eigenvalue weighted by Crippen LogP contribution is -2.52. The Morgan fingerprint density at radius 3 is 2.76 bits per heavy atom. The van der Waals surface area contributed by atoms with Gasteiger partial charge in [-0.3, -0.25) is 19.7 Å². The number of fused-ring (bicyclic) bond motifs is 1. The fraction of sp³-hybridized carbons (Fsp3) is 0.222. The SMILES string of the molecule is O=C1CCC(N2Cc3c(Nc4ccccn4)cccc3C2=O)C(=O)N1. The summed E-state index contributed by atoms with van der Waals surface area (Å²) in [6.45, 7) is 0.330. The van der Waals surface area contributed by atoms with Gasteiger partial charge in [-0.25, -0.2) is 4.98 Å². The fourth-order valence-corrected chi connectivity index (χ4v) is 3.28. The molecule has 0 bridgehead atoms. The summed E-state index contributed by atoms with van der Waals surface area (Å²) >= 11 is 0. The Kier molecular flexibility index (Phi) is 3.68. The first-order chi connectivity index (χ1) is 12.1. The van der Waals surface area contributed by atoms with E-state index in [0.717, 1.165) is 11.3 Å². The highest BCUT2D eigenvalue weighted by molar-refractivity contribution is 6.06. The lowest BCUT2D eigenvalue weighted by Gasteiger charge is -2.29. The van der Waals surface area contributed by atoms with Gasteiger partial charge in [0, 0.05) is 36.0 Å². The van der Waals surface area contributed by atoms with Crippen molar-refractivity contribution in [1.29, 1.82) is 0 Å². The molecule has 0 aliphatic carbocycles. The number of carbonyl (C=O) groups excluding carboxylic acids is 3. The number of benzene rings is 1. The van der Waals surface area contributed by atoms with Crippen LogP contribution in [0.2, 0.25) is 0 Å². The molecule has 4 rings (SSSR count). The number of nitrogens with one attached hydrogen (secondary N) is 2. The van der Waals surface area contributed by atoms with Crippen molar-refractivity contribution >= 4 is 29.2 Å². The van der Waals surface area contributed by atoms with E-state index in [4.69, 9.17) is 0 Å². The van der Waals surface area contributed by atoms with Crippen LogP contribution in [0.3, 0.4) is 0 Å². The van der Waals surface area contributed by atoms with Crippen molar-refractivity contribution in [2.45, 2.75) is 25.4 Å². The zero-order chi connectivity index (χ0) is 17.4. The summed E-state index contributed by atoms with van der Waals surface area (Å²) in [5, 5.41) is 5.53. The van der Waals surface area contributed by atoms with Crippen molar-refractivity contribution < 1.29 is 14.4 Å². The summed E-state index contributed by atoms with van der Waals surface area (Å²) < 4.78 is 0. The lowest BCUT2D eigenvalue weighted by molar-refractivity contribution is -0.136. The van der Waals surface area contributed by atoms with Gasteiger partial charge in [-0.1, -0.05) is 12.1 Å². The number of carbonyl (C=O) groups is 3. The van der Waals surface area contributed by atoms with Gasteiger partial charge in [0.05, 0.1) is 0 Å². The molecule has 0 radical (unpaired) electrons. The largest absolute Gasteiger partial charge is 0.340 e. The minimum Gasteiger partial charge on any atom is -0.340 e. The summed E-state index contributed by atoms with van der Waals surface area (Å²) in [6, 6.07) is 10.4. The second-order valence-corrected chi connectivity index (χ2v) is 6.07. The van der Waals surface area contributed by atoms with Crippen LogP contribution in [-0.2, 0) is 16.1 Å². The molecule has 1 atom stereocenters. The van der Waals surface area contributed by atoms with Gasteiger partial charge in [-0.15, -0.1) is 0 Å². The van der Waals surface area contributed by atoms with E-state index >= 15 is 0 Å². The molecule has 1 saturated heterocycles. The Bertz CT molecular complexity index is 866. The predicted octanol–water partition coefficient (Wildman–Crippen LogP) is 1.59. The molecule has 7 heteroatoms. The van der Waals surface area contributed by atoms with E-state index < -0.39 is 11.9 Å². The van der Waals surface area contributed by atoms with Crippen LogP contribution in [0.15, 0.2) is 42.6 Å². The van der Waals surface area contributed by atoms with Crippen LogP contribution >= 0.6 is 0 Å². The van der Waals surface area contributed by atoms with E-state index in [1.807, 2.05) is 24.3 Å². The fourth-order valence-electron chi connectivity index (χ4n) is 3.28. The molecule has 3 amide bonds. The molecule has 1 fully saturated rings. The average Bonchev–Trinajstić information content (AvgIpc) is 2.94. The smallest absolute Gasteiger partial charge is 0.255 e. The van der Waals surface area contributed by atoms with Crippen LogP contribution in [0.4, 0.5) is 11.5 Å². The third-order valence-corrected chi connectivity index (χ3v) is 4.51. The van der Waals surface area contributed by atoms with Gasteiger partial charge in [0.25, 0.3) is 5.91 Å². The molecule has 2 aliphatic heterocycles. The maximum absolute atomic E-state index is 12.7. The standard InChI is InChI=1S/C18H16N4O3/c23-16-8-7-14(17(24)21-16)22-10-12-11(18(22)25)4-3-5-13(12)20-15-6-1-2-9-19-15/h1-6,9,14H,7-8,10H2,(H,19,20)(H,21,23,24). The number of piperidine rings is 1. The molecule has 25 heavy (non-hydrogen) atoms. The van der Waals surface area contributed by atoms with Crippen molar-refractivity contribution in [3.8, 4) is 0 Å². The van der Waals surface area contributed by atoms with Crippen LogP contribution in [0.25, 0.3) is 0 Å². The van der Waals surface area contributed by atoms with Crippen LogP contribution in [0.5, 0.6) is 0 Å². The molecule has 126 valence electrons. The minimum atomic E-state index is -0.611. The quantitative estimate of drug-likeness (QED) is 0.831. The maximum atomic E-state index is 12.7. The first-order valence-electron chi connectivity index (χ1n) is 8.08. The Morgan fingerprint density at radius 1 is 1.12 bits per heavy atom. The molecule has 0 saturated carbocycles. The monoisotopic (exact) mass is 336 g/mol. The van der Waals surface area contributed by atoms with Gasteiger partial charge in [0.15, 0.2) is 0 Å². The topological polar surface area (TPSA) is 91.4 Å². The van der Waals surface area contributed by atoms with Crippen molar-refractivity contribution in [2.75, 3.05) is 5.32 Å². The number of amides is 3. The van der Waals surface area contributed by atoms with Crippen LogP contribution in [-0.4, -0.2) is 33.6 Å². The minimum absolute atomic E-state index is 0.186. The van der Waals surface area contributed by atoms with E-state index in [1.165, 1.54) is 4.90 Å². The Morgan fingerprint density at radius 2 is 2.00 bits per heavy atom. The van der Waals surface area contributed by atoms with Crippen LogP contribution < -0.4 is 10.6 Å². The first kappa shape index (κ1) is 15.3. The number of anilines is 2. The summed E-state index contributed by atoms with van der Waals surface area (Å²) in [5.74, 6) is -0.198. The highest BCUT2D eigenvalue weighted by atomic mass is 16.2. The van der Waals surface area contributed by atoms with Gasteiger partial charge in [-0.05, 0) is 30.7 Å². The van der Waals surface area contributed by atoms with Gasteiger partial charge >= 0.3 is 0 Å². The van der Waals surface area contributed by atoms with Crippen molar-refractivity contribution in [1.82, 2.24) is 15.2 Å². The molecular weight excluding hydrogens is 320 g/mol. The highest BCUT2D eigenvalue weighted by Crippen LogP contribution is 2.33. The number of hydrogen-bond acceptors (Lipinski definition) is 5. The summed E-state index contributed by atoms with van der Waals surface area (Å²) in [6.07, 6.45) is 2.29. The molecule has 1 aromatic carbocycles. The number of hydrogen-bond donors (Lipinski definition) is 2. The molecule has 2 aromatic rings. The van der Waals surface area contributed by atoms with Gasteiger partial charge < -0.3 is 10.2 Å². The van der Waals surface area contributed by atoms with Crippen LogP contribution in [0, 0.1) is 0 Å². The third-order valence-electron chi connectivity index (χ3n) is 4.51. The molecule has 2 aliphatic rings. The van der Waals surface area contributed by atoms with E-state index in [9.17, 15) is 14.4 Å². The van der Waals surface area contributed by atoms with E-state index in [0.29, 0.717) is 24.3 Å². The molecule has 1 unspecified atom stereocenters.